The number of anilines is 1. The van der Waals surface area contributed by atoms with E-state index >= 15 is 0 Å². The summed E-state index contributed by atoms with van der Waals surface area (Å²) >= 11 is 3.22. The van der Waals surface area contributed by atoms with Crippen molar-refractivity contribution in [3.63, 3.8) is 0 Å². The Kier molecular flexibility index (Phi) is 5.15. The monoisotopic (exact) mass is 336 g/mol. The molecule has 0 radical (unpaired) electrons. The molecule has 0 fully saturated rings. The van der Waals surface area contributed by atoms with Gasteiger partial charge < -0.3 is 10.5 Å². The molecule has 1 rings (SSSR count). The maximum Gasteiger partial charge on any atom is 0.244 e. The lowest BCUT2D eigenvalue weighted by atomic mass is 10.3. The van der Waals surface area contributed by atoms with E-state index in [1.54, 1.807) is 19.1 Å². The number of nitrogen functional groups attached to an aromatic ring is 1. The predicted molar refractivity (Wildman–Crippen MR) is 74.8 cm³/mol. The largest absolute Gasteiger partial charge is 0.399 e. The van der Waals surface area contributed by atoms with Gasteiger partial charge in [-0.25, -0.2) is 8.42 Å². The number of hydrogen-bond acceptors (Lipinski definition) is 4. The van der Waals surface area contributed by atoms with Crippen LogP contribution in [0.1, 0.15) is 6.92 Å². The molecule has 0 heterocycles. The molecule has 2 N–H and O–H groups in total. The van der Waals surface area contributed by atoms with Gasteiger partial charge in [-0.1, -0.05) is 0 Å². The first-order valence-corrected chi connectivity index (χ1v) is 7.56. The van der Waals surface area contributed by atoms with Gasteiger partial charge in [0.25, 0.3) is 0 Å². The molecule has 1 aromatic carbocycles. The molecule has 0 aromatic heterocycles. The highest BCUT2D eigenvalue weighted by Crippen LogP contribution is 2.27. The fraction of sp³-hybridized carbons (Fsp3) is 0.455. The smallest absolute Gasteiger partial charge is 0.244 e. The molecule has 1 atom stereocenters. The molecule has 18 heavy (non-hydrogen) atoms. The normalized spacial score (nSPS) is 13.8. The number of methoxy groups -OCH3 is 1. The molecule has 1 aromatic rings. The van der Waals surface area contributed by atoms with E-state index in [2.05, 4.69) is 15.9 Å². The van der Waals surface area contributed by atoms with Gasteiger partial charge in [-0.3, -0.25) is 0 Å². The Balaban J connectivity index is 3.13. The van der Waals surface area contributed by atoms with Gasteiger partial charge in [-0.2, -0.15) is 4.31 Å². The van der Waals surface area contributed by atoms with E-state index in [4.69, 9.17) is 10.5 Å². The Morgan fingerprint density at radius 3 is 2.61 bits per heavy atom. The second-order valence-electron chi connectivity index (χ2n) is 4.02. The molecular formula is C11H17BrN2O3S. The fourth-order valence-corrected chi connectivity index (χ4v) is 3.86. The van der Waals surface area contributed by atoms with Crippen LogP contribution in [0.4, 0.5) is 5.69 Å². The van der Waals surface area contributed by atoms with Gasteiger partial charge in [0.1, 0.15) is 0 Å². The number of ether oxygens (including phenoxy) is 1. The van der Waals surface area contributed by atoms with Crippen LogP contribution >= 0.6 is 15.9 Å². The van der Waals surface area contributed by atoms with Gasteiger partial charge in [0.15, 0.2) is 0 Å². The molecule has 0 aliphatic rings. The van der Waals surface area contributed by atoms with Crippen molar-refractivity contribution in [2.75, 3.05) is 26.5 Å². The van der Waals surface area contributed by atoms with Crippen molar-refractivity contribution in [3.05, 3.63) is 22.7 Å². The van der Waals surface area contributed by atoms with Crippen LogP contribution in [0.2, 0.25) is 0 Å². The molecule has 7 heteroatoms. The number of halogens is 1. The third-order valence-corrected chi connectivity index (χ3v) is 5.59. The van der Waals surface area contributed by atoms with Crippen LogP contribution in [0, 0.1) is 0 Å². The zero-order chi connectivity index (χ0) is 13.9. The first kappa shape index (κ1) is 15.4. The molecule has 0 aliphatic carbocycles. The van der Waals surface area contributed by atoms with Crippen molar-refractivity contribution in [1.29, 1.82) is 0 Å². The molecule has 0 aliphatic heterocycles. The zero-order valence-electron chi connectivity index (χ0n) is 10.6. The SMILES string of the molecule is COCC(C)N(C)S(=O)(=O)c1ccc(N)cc1Br. The average molecular weight is 337 g/mol. The van der Waals surface area contributed by atoms with Crippen molar-refractivity contribution < 1.29 is 13.2 Å². The first-order chi connectivity index (χ1) is 8.30. The molecule has 5 nitrogen and oxygen atoms in total. The van der Waals surface area contributed by atoms with Gasteiger partial charge in [0, 0.05) is 30.4 Å². The highest BCUT2D eigenvalue weighted by molar-refractivity contribution is 9.10. The van der Waals surface area contributed by atoms with Crippen LogP contribution in [0.15, 0.2) is 27.6 Å². The number of rotatable bonds is 5. The van der Waals surface area contributed by atoms with Gasteiger partial charge in [0.2, 0.25) is 10.0 Å². The summed E-state index contributed by atoms with van der Waals surface area (Å²) in [7, 11) is -0.490. The quantitative estimate of drug-likeness (QED) is 0.830. The van der Waals surface area contributed by atoms with E-state index in [0.717, 1.165) is 0 Å². The summed E-state index contributed by atoms with van der Waals surface area (Å²) in [4.78, 5) is 0.196. The minimum atomic E-state index is -3.56. The van der Waals surface area contributed by atoms with E-state index in [-0.39, 0.29) is 10.9 Å². The van der Waals surface area contributed by atoms with Crippen LogP contribution in [-0.4, -0.2) is 39.5 Å². The van der Waals surface area contributed by atoms with Crippen molar-refractivity contribution in [3.8, 4) is 0 Å². The molecule has 0 amide bonds. The highest BCUT2D eigenvalue weighted by atomic mass is 79.9. The predicted octanol–water partition coefficient (Wildman–Crippen LogP) is 1.69. The van der Waals surface area contributed by atoms with Crippen LogP contribution < -0.4 is 5.73 Å². The summed E-state index contributed by atoms with van der Waals surface area (Å²) in [6.07, 6.45) is 0. The number of nitrogens with zero attached hydrogens (tertiary/aromatic N) is 1. The van der Waals surface area contributed by atoms with Crippen LogP contribution in [0.5, 0.6) is 0 Å². The van der Waals surface area contributed by atoms with Crippen molar-refractivity contribution in [2.24, 2.45) is 0 Å². The molecule has 0 bridgehead atoms. The summed E-state index contributed by atoms with van der Waals surface area (Å²) in [6.45, 7) is 2.12. The Hall–Kier alpha value is -0.630. The van der Waals surface area contributed by atoms with Crippen molar-refractivity contribution in [2.45, 2.75) is 17.9 Å². The van der Waals surface area contributed by atoms with E-state index < -0.39 is 10.0 Å². The fourth-order valence-electron chi connectivity index (χ4n) is 1.46. The molecule has 102 valence electrons. The lowest BCUT2D eigenvalue weighted by Crippen LogP contribution is -2.37. The van der Waals surface area contributed by atoms with E-state index in [9.17, 15) is 8.42 Å². The van der Waals surface area contributed by atoms with Crippen molar-refractivity contribution in [1.82, 2.24) is 4.31 Å². The minimum Gasteiger partial charge on any atom is -0.399 e. The van der Waals surface area contributed by atoms with Crippen molar-refractivity contribution >= 4 is 31.6 Å². The molecular weight excluding hydrogens is 320 g/mol. The minimum absolute atomic E-state index is 0.196. The van der Waals surface area contributed by atoms with Gasteiger partial charge in [-0.05, 0) is 41.1 Å². The second kappa shape index (κ2) is 6.01. The van der Waals surface area contributed by atoms with Crippen LogP contribution in [0.3, 0.4) is 0 Å². The zero-order valence-corrected chi connectivity index (χ0v) is 13.0. The Labute approximate surface area is 116 Å². The van der Waals surface area contributed by atoms with Crippen LogP contribution in [0.25, 0.3) is 0 Å². The third-order valence-electron chi connectivity index (χ3n) is 2.64. The number of benzene rings is 1. The Morgan fingerprint density at radius 2 is 2.11 bits per heavy atom. The van der Waals surface area contributed by atoms with E-state index in [0.29, 0.717) is 16.8 Å². The molecule has 0 saturated carbocycles. The molecule has 0 spiro atoms. The number of likely N-dealkylation sites (N-methyl/N-ethyl adjacent to an activating group) is 1. The summed E-state index contributed by atoms with van der Waals surface area (Å²) < 4.78 is 31.5. The maximum absolute atomic E-state index is 12.4. The second-order valence-corrected chi connectivity index (χ2v) is 6.84. The first-order valence-electron chi connectivity index (χ1n) is 5.32. The lowest BCUT2D eigenvalue weighted by Gasteiger charge is -2.24. The Morgan fingerprint density at radius 1 is 1.50 bits per heavy atom. The highest BCUT2D eigenvalue weighted by Gasteiger charge is 2.27. The molecule has 1 unspecified atom stereocenters. The van der Waals surface area contributed by atoms with E-state index in [1.165, 1.54) is 24.5 Å². The maximum atomic E-state index is 12.4. The number of nitrogens with two attached hydrogens (primary N) is 1. The molecule has 0 saturated heterocycles. The summed E-state index contributed by atoms with van der Waals surface area (Å²) in [6, 6.07) is 4.38. The number of sulfonamides is 1. The summed E-state index contributed by atoms with van der Waals surface area (Å²) in [5.41, 5.74) is 6.10. The standard InChI is InChI=1S/C11H17BrN2O3S/c1-8(7-17-3)14(2)18(15,16)11-5-4-9(13)6-10(11)12/h4-6,8H,7,13H2,1-3H3. The third kappa shape index (κ3) is 3.23. The topological polar surface area (TPSA) is 72.6 Å². The van der Waals surface area contributed by atoms with Gasteiger partial charge in [0.05, 0.1) is 11.5 Å². The van der Waals surface area contributed by atoms with Gasteiger partial charge >= 0.3 is 0 Å². The lowest BCUT2D eigenvalue weighted by molar-refractivity contribution is 0.149. The summed E-state index contributed by atoms with van der Waals surface area (Å²) in [5, 5.41) is 0. The van der Waals surface area contributed by atoms with Crippen LogP contribution in [-0.2, 0) is 14.8 Å². The number of hydrogen-bond donors (Lipinski definition) is 1. The van der Waals surface area contributed by atoms with E-state index in [1.807, 2.05) is 0 Å². The Bertz CT molecular complexity index is 519. The summed E-state index contributed by atoms with van der Waals surface area (Å²) in [5.74, 6) is 0. The van der Waals surface area contributed by atoms with Gasteiger partial charge in [-0.15, -0.1) is 0 Å². The average Bonchev–Trinajstić information content (AvgIpc) is 2.27.